The Morgan fingerprint density at radius 1 is 1.22 bits per heavy atom. The van der Waals surface area contributed by atoms with Gasteiger partial charge in [0.15, 0.2) is 11.6 Å². The fourth-order valence-corrected chi connectivity index (χ4v) is 2.96. The van der Waals surface area contributed by atoms with Crippen molar-refractivity contribution in [2.45, 2.75) is 13.5 Å². The van der Waals surface area contributed by atoms with E-state index in [1.807, 2.05) is 0 Å². The second-order valence-corrected chi connectivity index (χ2v) is 6.82. The van der Waals surface area contributed by atoms with Crippen LogP contribution in [0.4, 0.5) is 30.4 Å². The number of nitrogens with two attached hydrogens (primary N) is 1. The maximum absolute atomic E-state index is 14.0. The number of nitrogen functional groups attached to an aromatic ring is 1. The van der Waals surface area contributed by atoms with E-state index in [0.717, 1.165) is 6.07 Å². The van der Waals surface area contributed by atoms with Gasteiger partial charge in [-0.1, -0.05) is 6.07 Å². The number of rotatable bonds is 6. The molecule has 3 aromatic rings. The van der Waals surface area contributed by atoms with Crippen LogP contribution in [-0.2, 0) is 7.05 Å². The molecule has 0 spiro atoms. The summed E-state index contributed by atoms with van der Waals surface area (Å²) < 4.78 is 47.8. The van der Waals surface area contributed by atoms with E-state index >= 15 is 0 Å². The Morgan fingerprint density at radius 2 is 1.94 bits per heavy atom. The van der Waals surface area contributed by atoms with E-state index < -0.39 is 24.2 Å². The predicted molar refractivity (Wildman–Crippen MR) is 113 cm³/mol. The Morgan fingerprint density at radius 3 is 2.50 bits per heavy atom. The van der Waals surface area contributed by atoms with E-state index in [2.05, 4.69) is 10.4 Å². The van der Waals surface area contributed by atoms with Crippen LogP contribution < -0.4 is 20.7 Å². The van der Waals surface area contributed by atoms with Gasteiger partial charge in [0.05, 0.1) is 19.0 Å². The Hall–Kier alpha value is -4.02. The quantitative estimate of drug-likeness (QED) is 0.563. The van der Waals surface area contributed by atoms with Crippen molar-refractivity contribution in [3.05, 3.63) is 65.1 Å². The molecule has 0 radical (unpaired) electrons. The molecule has 1 heterocycles. The highest BCUT2D eigenvalue weighted by molar-refractivity contribution is 6.09. The van der Waals surface area contributed by atoms with Gasteiger partial charge < -0.3 is 15.8 Å². The summed E-state index contributed by atoms with van der Waals surface area (Å²) in [6.07, 6.45) is 1.27. The highest BCUT2D eigenvalue weighted by Crippen LogP contribution is 2.29. The molecule has 0 saturated carbocycles. The molecule has 32 heavy (non-hydrogen) atoms. The summed E-state index contributed by atoms with van der Waals surface area (Å²) >= 11 is 0. The molecule has 0 fully saturated rings. The van der Waals surface area contributed by atoms with Gasteiger partial charge in [-0.05, 0) is 42.8 Å². The first-order valence-electron chi connectivity index (χ1n) is 9.28. The van der Waals surface area contributed by atoms with Crippen LogP contribution in [0.3, 0.4) is 0 Å². The third-order valence-corrected chi connectivity index (χ3v) is 4.79. The van der Waals surface area contributed by atoms with Gasteiger partial charge in [0.1, 0.15) is 11.4 Å². The molecule has 0 aliphatic carbocycles. The molecule has 3 N–H and O–H groups in total. The van der Waals surface area contributed by atoms with E-state index in [9.17, 15) is 22.8 Å². The standard InChI is InChI=1S/C21H20F3N5O3/c1-11-4-6-13(9-16(11)27-19(30)14-10-26-28(2)18(14)25)29(21(23)24)20(31)12-5-7-17(32-3)15(22)8-12/h4-10,21H,25H2,1-3H3,(H,27,30). The van der Waals surface area contributed by atoms with Gasteiger partial charge >= 0.3 is 6.55 Å². The Labute approximate surface area is 181 Å². The minimum Gasteiger partial charge on any atom is -0.494 e. The number of amides is 2. The lowest BCUT2D eigenvalue weighted by molar-refractivity contribution is 0.0838. The molecule has 2 aromatic carbocycles. The summed E-state index contributed by atoms with van der Waals surface area (Å²) in [6, 6.07) is 7.16. The zero-order chi connectivity index (χ0) is 23.6. The van der Waals surface area contributed by atoms with Crippen molar-refractivity contribution >= 4 is 29.0 Å². The zero-order valence-electron chi connectivity index (χ0n) is 17.4. The lowest BCUT2D eigenvalue weighted by atomic mass is 10.1. The number of anilines is 3. The molecule has 1 aromatic heterocycles. The molecular formula is C21H20F3N5O3. The van der Waals surface area contributed by atoms with Crippen LogP contribution in [0.1, 0.15) is 26.3 Å². The van der Waals surface area contributed by atoms with Crippen LogP contribution in [0.15, 0.2) is 42.6 Å². The third-order valence-electron chi connectivity index (χ3n) is 4.79. The van der Waals surface area contributed by atoms with Crippen LogP contribution in [0, 0.1) is 12.7 Å². The second-order valence-electron chi connectivity index (χ2n) is 6.82. The van der Waals surface area contributed by atoms with Crippen molar-refractivity contribution in [2.75, 3.05) is 23.1 Å². The molecule has 2 amide bonds. The van der Waals surface area contributed by atoms with Crippen molar-refractivity contribution in [3.63, 3.8) is 0 Å². The fraction of sp³-hybridized carbons (Fsp3) is 0.190. The monoisotopic (exact) mass is 447 g/mol. The van der Waals surface area contributed by atoms with E-state index in [-0.39, 0.29) is 39.0 Å². The van der Waals surface area contributed by atoms with Gasteiger partial charge in [-0.3, -0.25) is 19.2 Å². The van der Waals surface area contributed by atoms with Gasteiger partial charge in [-0.2, -0.15) is 13.9 Å². The Kier molecular flexibility index (Phi) is 6.37. The molecule has 3 rings (SSSR count). The maximum atomic E-state index is 14.0. The molecule has 0 bridgehead atoms. The number of aryl methyl sites for hydroxylation is 2. The molecule has 8 nitrogen and oxygen atoms in total. The summed E-state index contributed by atoms with van der Waals surface area (Å²) in [5.41, 5.74) is 6.16. The SMILES string of the molecule is COc1ccc(C(=O)N(c2ccc(C)c(NC(=O)c3cnn(C)c3N)c2)C(F)F)cc1F. The van der Waals surface area contributed by atoms with Gasteiger partial charge in [0.2, 0.25) is 0 Å². The van der Waals surface area contributed by atoms with Crippen molar-refractivity contribution in [2.24, 2.45) is 7.05 Å². The van der Waals surface area contributed by atoms with Gasteiger partial charge in [-0.25, -0.2) is 4.39 Å². The zero-order valence-corrected chi connectivity index (χ0v) is 17.4. The smallest absolute Gasteiger partial charge is 0.321 e. The van der Waals surface area contributed by atoms with Gasteiger partial charge in [0, 0.05) is 18.3 Å². The fourth-order valence-electron chi connectivity index (χ4n) is 2.96. The van der Waals surface area contributed by atoms with Crippen molar-refractivity contribution in [1.29, 1.82) is 0 Å². The maximum Gasteiger partial charge on any atom is 0.321 e. The van der Waals surface area contributed by atoms with Crippen molar-refractivity contribution in [1.82, 2.24) is 9.78 Å². The summed E-state index contributed by atoms with van der Waals surface area (Å²) in [5, 5.41) is 6.47. The molecule has 0 aliphatic heterocycles. The molecule has 0 unspecified atom stereocenters. The average molecular weight is 447 g/mol. The average Bonchev–Trinajstić information content (AvgIpc) is 3.08. The van der Waals surface area contributed by atoms with Gasteiger partial charge in [-0.15, -0.1) is 0 Å². The topological polar surface area (TPSA) is 102 Å². The molecular weight excluding hydrogens is 427 g/mol. The number of carbonyl (C=O) groups excluding carboxylic acids is 2. The molecule has 11 heteroatoms. The first-order chi connectivity index (χ1) is 15.1. The number of nitrogens with one attached hydrogen (secondary N) is 1. The minimum atomic E-state index is -3.23. The lowest BCUT2D eigenvalue weighted by Crippen LogP contribution is -2.35. The number of methoxy groups -OCH3 is 1. The third kappa shape index (κ3) is 4.36. The number of alkyl halides is 2. The van der Waals surface area contributed by atoms with E-state index in [1.54, 1.807) is 14.0 Å². The van der Waals surface area contributed by atoms with Crippen LogP contribution in [0.5, 0.6) is 5.75 Å². The number of nitrogens with zero attached hydrogens (tertiary/aromatic N) is 3. The molecule has 168 valence electrons. The summed E-state index contributed by atoms with van der Waals surface area (Å²) in [6.45, 7) is -1.58. The first kappa shape index (κ1) is 22.7. The van der Waals surface area contributed by atoms with E-state index in [1.165, 1.54) is 48.3 Å². The summed E-state index contributed by atoms with van der Waals surface area (Å²) in [4.78, 5) is 25.5. The number of hydrogen-bond donors (Lipinski definition) is 2. The predicted octanol–water partition coefficient (Wildman–Crippen LogP) is 3.58. The van der Waals surface area contributed by atoms with E-state index in [0.29, 0.717) is 5.56 Å². The van der Waals surface area contributed by atoms with Crippen molar-refractivity contribution in [3.8, 4) is 5.75 Å². The second kappa shape index (κ2) is 9.00. The number of halogens is 3. The number of ether oxygens (including phenoxy) is 1. The van der Waals surface area contributed by atoms with Gasteiger partial charge in [0.25, 0.3) is 11.8 Å². The number of carbonyl (C=O) groups is 2. The Bertz CT molecular complexity index is 1180. The minimum absolute atomic E-state index is 0.104. The largest absolute Gasteiger partial charge is 0.494 e. The molecule has 0 aliphatic rings. The lowest BCUT2D eigenvalue weighted by Gasteiger charge is -2.23. The van der Waals surface area contributed by atoms with Crippen molar-refractivity contribution < 1.29 is 27.5 Å². The molecule has 0 saturated heterocycles. The van der Waals surface area contributed by atoms with Crippen LogP contribution >= 0.6 is 0 Å². The van der Waals surface area contributed by atoms with Crippen LogP contribution in [-0.4, -0.2) is 35.3 Å². The van der Waals surface area contributed by atoms with Crippen LogP contribution in [0.25, 0.3) is 0 Å². The van der Waals surface area contributed by atoms with Crippen LogP contribution in [0.2, 0.25) is 0 Å². The first-order valence-corrected chi connectivity index (χ1v) is 9.28. The number of aromatic nitrogens is 2. The summed E-state index contributed by atoms with van der Waals surface area (Å²) in [7, 11) is 2.80. The summed E-state index contributed by atoms with van der Waals surface area (Å²) in [5.74, 6) is -2.58. The highest BCUT2D eigenvalue weighted by atomic mass is 19.3. The molecule has 0 atom stereocenters. The number of benzene rings is 2. The number of hydrogen-bond acceptors (Lipinski definition) is 5. The van der Waals surface area contributed by atoms with E-state index in [4.69, 9.17) is 10.5 Å². The normalized spacial score (nSPS) is 10.8. The highest BCUT2D eigenvalue weighted by Gasteiger charge is 2.27. The Balaban J connectivity index is 1.94.